The highest BCUT2D eigenvalue weighted by atomic mass is 16.4. The first-order valence-electron chi connectivity index (χ1n) is 5.33. The van der Waals surface area contributed by atoms with E-state index in [1.165, 1.54) is 12.5 Å². The van der Waals surface area contributed by atoms with E-state index in [1.807, 2.05) is 0 Å². The Morgan fingerprint density at radius 2 is 2.33 bits per heavy atom. The maximum atomic E-state index is 11.5. The average Bonchev–Trinajstić information content (AvgIpc) is 3.00. The van der Waals surface area contributed by atoms with Gasteiger partial charge in [0.05, 0.1) is 6.33 Å². The number of rotatable bonds is 5. The lowest BCUT2D eigenvalue weighted by molar-refractivity contribution is 0.0690. The molecule has 94 valence electrons. The molecule has 2 heterocycles. The number of nitrogens with one attached hydrogen (secondary N) is 2. The SMILES string of the molecule is O=C(O)c1cn(CCNC(=O)c2ccc[nH]2)cn1. The summed E-state index contributed by atoms with van der Waals surface area (Å²) in [7, 11) is 0. The molecule has 0 radical (unpaired) electrons. The smallest absolute Gasteiger partial charge is 0.356 e. The Balaban J connectivity index is 1.81. The second-order valence-electron chi connectivity index (χ2n) is 3.64. The van der Waals surface area contributed by atoms with Gasteiger partial charge in [0.25, 0.3) is 5.91 Å². The van der Waals surface area contributed by atoms with Crippen LogP contribution in [0.5, 0.6) is 0 Å². The quantitative estimate of drug-likeness (QED) is 0.710. The van der Waals surface area contributed by atoms with Gasteiger partial charge < -0.3 is 20.0 Å². The number of amides is 1. The van der Waals surface area contributed by atoms with E-state index in [0.29, 0.717) is 18.8 Å². The Morgan fingerprint density at radius 3 is 2.94 bits per heavy atom. The zero-order chi connectivity index (χ0) is 13.0. The van der Waals surface area contributed by atoms with Gasteiger partial charge in [0.2, 0.25) is 0 Å². The number of hydrogen-bond acceptors (Lipinski definition) is 3. The van der Waals surface area contributed by atoms with Crippen molar-refractivity contribution < 1.29 is 14.7 Å². The van der Waals surface area contributed by atoms with Crippen LogP contribution < -0.4 is 5.32 Å². The highest BCUT2D eigenvalue weighted by Gasteiger charge is 2.07. The topological polar surface area (TPSA) is 100 Å². The number of nitrogens with zero attached hydrogens (tertiary/aromatic N) is 2. The van der Waals surface area contributed by atoms with Crippen LogP contribution in [0.25, 0.3) is 0 Å². The summed E-state index contributed by atoms with van der Waals surface area (Å²) in [5.74, 6) is -1.26. The maximum Gasteiger partial charge on any atom is 0.356 e. The van der Waals surface area contributed by atoms with E-state index in [-0.39, 0.29) is 11.6 Å². The van der Waals surface area contributed by atoms with Gasteiger partial charge in [0, 0.05) is 25.5 Å². The van der Waals surface area contributed by atoms with Crippen LogP contribution in [0.15, 0.2) is 30.9 Å². The number of imidazole rings is 1. The molecule has 0 aliphatic carbocycles. The second-order valence-corrected chi connectivity index (χ2v) is 3.64. The van der Waals surface area contributed by atoms with Gasteiger partial charge in [0.15, 0.2) is 5.69 Å². The predicted octanol–water partition coefficient (Wildman–Crippen LogP) is 0.339. The van der Waals surface area contributed by atoms with Crippen molar-refractivity contribution >= 4 is 11.9 Å². The summed E-state index contributed by atoms with van der Waals surface area (Å²) in [5, 5.41) is 11.4. The number of carbonyl (C=O) groups is 2. The number of aromatic carboxylic acids is 1. The number of carboxylic acid groups (broad SMARTS) is 1. The molecular formula is C11H12N4O3. The summed E-state index contributed by atoms with van der Waals surface area (Å²) in [6.07, 6.45) is 4.51. The summed E-state index contributed by atoms with van der Waals surface area (Å²) >= 11 is 0. The van der Waals surface area contributed by atoms with Gasteiger partial charge in [-0.2, -0.15) is 0 Å². The number of aromatic nitrogens is 3. The maximum absolute atomic E-state index is 11.5. The summed E-state index contributed by atoms with van der Waals surface area (Å²) < 4.78 is 1.61. The molecule has 18 heavy (non-hydrogen) atoms. The molecule has 2 rings (SSSR count). The standard InChI is InChI=1S/C11H12N4O3/c16-10(8-2-1-3-12-8)13-4-5-15-6-9(11(17)18)14-7-15/h1-3,6-7,12H,4-5H2,(H,13,16)(H,17,18). The van der Waals surface area contributed by atoms with Gasteiger partial charge in [-0.25, -0.2) is 9.78 Å². The molecule has 7 heteroatoms. The molecule has 2 aromatic heterocycles. The fraction of sp³-hybridized carbons (Fsp3) is 0.182. The van der Waals surface area contributed by atoms with Gasteiger partial charge in [-0.15, -0.1) is 0 Å². The highest BCUT2D eigenvalue weighted by molar-refractivity contribution is 5.92. The molecule has 7 nitrogen and oxygen atoms in total. The number of carbonyl (C=O) groups excluding carboxylic acids is 1. The first-order valence-corrected chi connectivity index (χ1v) is 5.33. The molecule has 0 aliphatic rings. The van der Waals surface area contributed by atoms with Crippen molar-refractivity contribution in [2.24, 2.45) is 0 Å². The van der Waals surface area contributed by atoms with Crippen LogP contribution in [0, 0.1) is 0 Å². The first-order chi connectivity index (χ1) is 8.66. The van der Waals surface area contributed by atoms with Gasteiger partial charge in [-0.3, -0.25) is 4.79 Å². The Kier molecular flexibility index (Phi) is 3.42. The van der Waals surface area contributed by atoms with Crippen molar-refractivity contribution in [1.29, 1.82) is 0 Å². The molecule has 0 unspecified atom stereocenters. The Labute approximate surface area is 102 Å². The van der Waals surface area contributed by atoms with E-state index < -0.39 is 5.97 Å². The lowest BCUT2D eigenvalue weighted by Crippen LogP contribution is -2.27. The zero-order valence-electron chi connectivity index (χ0n) is 9.46. The molecule has 0 saturated carbocycles. The summed E-state index contributed by atoms with van der Waals surface area (Å²) in [6, 6.07) is 3.42. The molecular weight excluding hydrogens is 236 g/mol. The van der Waals surface area contributed by atoms with Crippen LogP contribution in [-0.2, 0) is 6.54 Å². The van der Waals surface area contributed by atoms with Gasteiger partial charge in [-0.1, -0.05) is 0 Å². The van der Waals surface area contributed by atoms with Gasteiger partial charge in [0.1, 0.15) is 5.69 Å². The molecule has 0 bridgehead atoms. The normalized spacial score (nSPS) is 10.2. The molecule has 0 fully saturated rings. The van der Waals surface area contributed by atoms with Crippen molar-refractivity contribution in [3.63, 3.8) is 0 Å². The van der Waals surface area contributed by atoms with Crippen LogP contribution >= 0.6 is 0 Å². The Bertz CT molecular complexity index is 544. The van der Waals surface area contributed by atoms with Crippen molar-refractivity contribution in [3.8, 4) is 0 Å². The minimum Gasteiger partial charge on any atom is -0.476 e. The van der Waals surface area contributed by atoms with Crippen LogP contribution in [-0.4, -0.2) is 38.1 Å². The highest BCUT2D eigenvalue weighted by Crippen LogP contribution is 1.96. The average molecular weight is 248 g/mol. The zero-order valence-corrected chi connectivity index (χ0v) is 9.46. The van der Waals surface area contributed by atoms with Crippen molar-refractivity contribution in [1.82, 2.24) is 19.9 Å². The monoisotopic (exact) mass is 248 g/mol. The predicted molar refractivity (Wildman–Crippen MR) is 62.3 cm³/mol. The van der Waals surface area contributed by atoms with E-state index in [2.05, 4.69) is 15.3 Å². The molecule has 2 aromatic rings. The summed E-state index contributed by atoms with van der Waals surface area (Å²) in [4.78, 5) is 28.7. The van der Waals surface area contributed by atoms with Crippen molar-refractivity contribution in [3.05, 3.63) is 42.2 Å². The molecule has 0 aliphatic heterocycles. The molecule has 1 amide bonds. The Hall–Kier alpha value is -2.57. The molecule has 0 saturated heterocycles. The van der Waals surface area contributed by atoms with E-state index >= 15 is 0 Å². The van der Waals surface area contributed by atoms with E-state index in [4.69, 9.17) is 5.11 Å². The minimum atomic E-state index is -1.07. The van der Waals surface area contributed by atoms with Crippen molar-refractivity contribution in [2.45, 2.75) is 6.54 Å². The number of carboxylic acids is 1. The molecule has 0 aromatic carbocycles. The summed E-state index contributed by atoms with van der Waals surface area (Å²) in [5.41, 5.74) is 0.484. The molecule has 0 atom stereocenters. The lowest BCUT2D eigenvalue weighted by atomic mass is 10.4. The molecule has 0 spiro atoms. The van der Waals surface area contributed by atoms with Crippen LogP contribution in [0.2, 0.25) is 0 Å². The van der Waals surface area contributed by atoms with E-state index in [1.54, 1.807) is 22.9 Å². The Morgan fingerprint density at radius 1 is 1.50 bits per heavy atom. The van der Waals surface area contributed by atoms with E-state index in [0.717, 1.165) is 0 Å². The number of hydrogen-bond donors (Lipinski definition) is 3. The molecule has 3 N–H and O–H groups in total. The minimum absolute atomic E-state index is 0.00862. The lowest BCUT2D eigenvalue weighted by Gasteiger charge is -2.04. The second kappa shape index (κ2) is 5.17. The van der Waals surface area contributed by atoms with Crippen LogP contribution in [0.3, 0.4) is 0 Å². The first kappa shape index (κ1) is 11.9. The number of H-pyrrole nitrogens is 1. The van der Waals surface area contributed by atoms with Crippen LogP contribution in [0.1, 0.15) is 21.0 Å². The number of aromatic amines is 1. The van der Waals surface area contributed by atoms with E-state index in [9.17, 15) is 9.59 Å². The largest absolute Gasteiger partial charge is 0.476 e. The fourth-order valence-electron chi connectivity index (χ4n) is 1.46. The van der Waals surface area contributed by atoms with Crippen molar-refractivity contribution in [2.75, 3.05) is 6.54 Å². The van der Waals surface area contributed by atoms with Crippen LogP contribution in [0.4, 0.5) is 0 Å². The van der Waals surface area contributed by atoms with Gasteiger partial charge >= 0.3 is 5.97 Å². The fourth-order valence-corrected chi connectivity index (χ4v) is 1.46. The third-order valence-corrected chi connectivity index (χ3v) is 2.35. The third kappa shape index (κ3) is 2.76. The van der Waals surface area contributed by atoms with Gasteiger partial charge in [-0.05, 0) is 12.1 Å². The summed E-state index contributed by atoms with van der Waals surface area (Å²) in [6.45, 7) is 0.861. The third-order valence-electron chi connectivity index (χ3n) is 2.35.